The molecule has 3 aromatic rings. The lowest BCUT2D eigenvalue weighted by atomic mass is 9.78. The van der Waals surface area contributed by atoms with E-state index in [0.29, 0.717) is 18.7 Å². The lowest BCUT2D eigenvalue weighted by molar-refractivity contribution is -0.121. The van der Waals surface area contributed by atoms with Crippen LogP contribution in [0.2, 0.25) is 0 Å². The third-order valence-electron chi connectivity index (χ3n) is 7.27. The Hall–Kier alpha value is -3.07. The van der Waals surface area contributed by atoms with E-state index in [1.807, 2.05) is 62.4 Å². The summed E-state index contributed by atoms with van der Waals surface area (Å²) in [5, 5.41) is 14.1. The first kappa shape index (κ1) is 22.1. The van der Waals surface area contributed by atoms with Crippen molar-refractivity contribution < 1.29 is 9.90 Å². The van der Waals surface area contributed by atoms with Crippen LogP contribution in [-0.2, 0) is 10.2 Å². The van der Waals surface area contributed by atoms with Gasteiger partial charge in [0.1, 0.15) is 5.75 Å². The van der Waals surface area contributed by atoms with E-state index < -0.39 is 0 Å². The fourth-order valence-electron chi connectivity index (χ4n) is 5.13. The van der Waals surface area contributed by atoms with Gasteiger partial charge in [-0.3, -0.25) is 4.79 Å². The number of carbonyl (C=O) groups is 1. The lowest BCUT2D eigenvalue weighted by Crippen LogP contribution is -2.39. The summed E-state index contributed by atoms with van der Waals surface area (Å²) in [5.41, 5.74) is 5.13. The summed E-state index contributed by atoms with van der Waals surface area (Å²) >= 11 is 0. The first-order valence-corrected chi connectivity index (χ1v) is 11.7. The van der Waals surface area contributed by atoms with Gasteiger partial charge >= 0.3 is 0 Å². The van der Waals surface area contributed by atoms with Gasteiger partial charge in [-0.2, -0.15) is 0 Å². The number of rotatable bonds is 7. The molecule has 0 unspecified atom stereocenters. The van der Waals surface area contributed by atoms with Gasteiger partial charge < -0.3 is 10.4 Å². The van der Waals surface area contributed by atoms with Gasteiger partial charge in [0.25, 0.3) is 0 Å². The first-order chi connectivity index (χ1) is 15.5. The van der Waals surface area contributed by atoms with Gasteiger partial charge in [0, 0.05) is 29.9 Å². The van der Waals surface area contributed by atoms with Crippen molar-refractivity contribution in [3.8, 4) is 5.75 Å². The maximum Gasteiger partial charge on any atom is 0.220 e. The average Bonchev–Trinajstić information content (AvgIpc) is 3.32. The number of phenolic OH excluding ortho intramolecular Hbond substituents is 1. The number of hydrogen-bond acceptors (Lipinski definition) is 2. The van der Waals surface area contributed by atoms with E-state index >= 15 is 0 Å². The Morgan fingerprint density at radius 1 is 0.938 bits per heavy atom. The molecule has 1 amide bonds. The van der Waals surface area contributed by atoms with Gasteiger partial charge in [-0.05, 0) is 48.9 Å². The third kappa shape index (κ3) is 4.57. The number of phenols is 1. The van der Waals surface area contributed by atoms with Crippen molar-refractivity contribution in [3.05, 3.63) is 101 Å². The van der Waals surface area contributed by atoms with Gasteiger partial charge in [0.05, 0.1) is 0 Å². The van der Waals surface area contributed by atoms with E-state index in [-0.39, 0.29) is 17.2 Å². The molecular weight excluding hydrogens is 394 g/mol. The van der Waals surface area contributed by atoms with Crippen molar-refractivity contribution in [3.63, 3.8) is 0 Å². The minimum atomic E-state index is -0.188. The predicted molar refractivity (Wildman–Crippen MR) is 130 cm³/mol. The van der Waals surface area contributed by atoms with Crippen molar-refractivity contribution >= 4 is 5.91 Å². The first-order valence-electron chi connectivity index (χ1n) is 11.7. The molecule has 0 aliphatic heterocycles. The Labute approximate surface area is 191 Å². The molecule has 0 spiro atoms. The summed E-state index contributed by atoms with van der Waals surface area (Å²) in [6.07, 6.45) is 4.93. The minimum Gasteiger partial charge on any atom is -0.507 e. The minimum absolute atomic E-state index is 0.0266. The molecule has 1 fully saturated rings. The van der Waals surface area contributed by atoms with Crippen LogP contribution in [0.4, 0.5) is 0 Å². The Balaban J connectivity index is 1.55. The molecule has 3 aromatic carbocycles. The molecule has 0 aromatic heterocycles. The SMILES string of the molecule is Cc1ccc([C@@H](CC(=O)NCC2(c3ccccc3)CCCC2)c2ccccc2)c(O)c1C. The standard InChI is InChI=1S/C29H33NO2/c1-21-15-16-25(28(32)22(21)2)26(23-11-5-3-6-12-23)19-27(31)30-20-29(17-9-10-18-29)24-13-7-4-8-14-24/h3-8,11-16,26,32H,9-10,17-20H2,1-2H3,(H,30,31)/t26-/m0/s1. The van der Waals surface area contributed by atoms with Crippen molar-refractivity contribution in [2.24, 2.45) is 0 Å². The van der Waals surface area contributed by atoms with Gasteiger partial charge in [0.2, 0.25) is 5.91 Å². The van der Waals surface area contributed by atoms with Crippen LogP contribution in [0.25, 0.3) is 0 Å². The molecule has 0 heterocycles. The van der Waals surface area contributed by atoms with Crippen molar-refractivity contribution in [1.82, 2.24) is 5.32 Å². The smallest absolute Gasteiger partial charge is 0.220 e. The van der Waals surface area contributed by atoms with Crippen molar-refractivity contribution in [2.45, 2.75) is 57.3 Å². The summed E-state index contributed by atoms with van der Waals surface area (Å²) in [6, 6.07) is 24.6. The molecule has 0 bridgehead atoms. The number of nitrogens with one attached hydrogen (secondary N) is 1. The lowest BCUT2D eigenvalue weighted by Gasteiger charge is -2.30. The second kappa shape index (κ2) is 9.60. The molecule has 1 atom stereocenters. The molecule has 1 saturated carbocycles. The number of hydrogen-bond donors (Lipinski definition) is 2. The van der Waals surface area contributed by atoms with E-state index in [2.05, 4.69) is 29.6 Å². The molecule has 2 N–H and O–H groups in total. The molecule has 4 rings (SSSR count). The van der Waals surface area contributed by atoms with Crippen LogP contribution in [-0.4, -0.2) is 17.6 Å². The second-order valence-electron chi connectivity index (χ2n) is 9.24. The Kier molecular flexibility index (Phi) is 6.64. The van der Waals surface area contributed by atoms with Crippen molar-refractivity contribution in [1.29, 1.82) is 0 Å². The number of carbonyl (C=O) groups excluding carboxylic acids is 1. The topological polar surface area (TPSA) is 49.3 Å². The van der Waals surface area contributed by atoms with E-state index in [4.69, 9.17) is 0 Å². The summed E-state index contributed by atoms with van der Waals surface area (Å²) in [6.45, 7) is 4.59. The zero-order valence-corrected chi connectivity index (χ0v) is 19.1. The summed E-state index contributed by atoms with van der Waals surface area (Å²) in [7, 11) is 0. The fourth-order valence-corrected chi connectivity index (χ4v) is 5.13. The highest BCUT2D eigenvalue weighted by Gasteiger charge is 2.36. The Morgan fingerprint density at radius 2 is 1.56 bits per heavy atom. The second-order valence-corrected chi connectivity index (χ2v) is 9.24. The summed E-state index contributed by atoms with van der Waals surface area (Å²) in [5.74, 6) is 0.133. The molecule has 1 aliphatic carbocycles. The molecule has 166 valence electrons. The van der Waals surface area contributed by atoms with Crippen LogP contribution in [0.1, 0.15) is 65.8 Å². The molecule has 1 aliphatic rings. The Morgan fingerprint density at radius 3 is 2.22 bits per heavy atom. The number of amides is 1. The van der Waals surface area contributed by atoms with E-state index in [0.717, 1.165) is 35.1 Å². The normalized spacial score (nSPS) is 15.9. The Bertz CT molecular complexity index is 1050. The third-order valence-corrected chi connectivity index (χ3v) is 7.27. The van der Waals surface area contributed by atoms with E-state index in [1.54, 1.807) is 0 Å². The highest BCUT2D eigenvalue weighted by Crippen LogP contribution is 2.41. The number of aromatic hydroxyl groups is 1. The molecule has 0 radical (unpaired) electrons. The number of aryl methyl sites for hydroxylation is 1. The fraction of sp³-hybridized carbons (Fsp3) is 0.345. The maximum atomic E-state index is 13.2. The molecule has 3 heteroatoms. The summed E-state index contributed by atoms with van der Waals surface area (Å²) in [4.78, 5) is 13.2. The predicted octanol–water partition coefficient (Wildman–Crippen LogP) is 6.16. The van der Waals surface area contributed by atoms with Crippen LogP contribution in [0.3, 0.4) is 0 Å². The zero-order valence-electron chi connectivity index (χ0n) is 19.1. The highest BCUT2D eigenvalue weighted by molar-refractivity contribution is 5.78. The molecular formula is C29H33NO2. The monoisotopic (exact) mass is 427 g/mol. The van der Waals surface area contributed by atoms with Gasteiger partial charge in [-0.1, -0.05) is 85.6 Å². The largest absolute Gasteiger partial charge is 0.507 e. The average molecular weight is 428 g/mol. The zero-order chi connectivity index (χ0) is 22.6. The van der Waals surface area contributed by atoms with Gasteiger partial charge in [-0.15, -0.1) is 0 Å². The quantitative estimate of drug-likeness (QED) is 0.474. The molecule has 3 nitrogen and oxygen atoms in total. The maximum absolute atomic E-state index is 13.2. The van der Waals surface area contributed by atoms with Crippen LogP contribution in [0, 0.1) is 13.8 Å². The van der Waals surface area contributed by atoms with Gasteiger partial charge in [0.15, 0.2) is 0 Å². The van der Waals surface area contributed by atoms with Crippen molar-refractivity contribution in [2.75, 3.05) is 6.54 Å². The van der Waals surface area contributed by atoms with Crippen LogP contribution in [0.15, 0.2) is 72.8 Å². The van der Waals surface area contributed by atoms with E-state index in [1.165, 1.54) is 18.4 Å². The van der Waals surface area contributed by atoms with Gasteiger partial charge in [-0.25, -0.2) is 0 Å². The summed E-state index contributed by atoms with van der Waals surface area (Å²) < 4.78 is 0. The van der Waals surface area contributed by atoms with E-state index in [9.17, 15) is 9.90 Å². The van der Waals surface area contributed by atoms with Crippen LogP contribution < -0.4 is 5.32 Å². The van der Waals surface area contributed by atoms with Crippen LogP contribution >= 0.6 is 0 Å². The molecule has 32 heavy (non-hydrogen) atoms. The van der Waals surface area contributed by atoms with Crippen LogP contribution in [0.5, 0.6) is 5.75 Å². The highest BCUT2D eigenvalue weighted by atomic mass is 16.3. The number of benzene rings is 3. The molecule has 0 saturated heterocycles.